The third-order valence-electron chi connectivity index (χ3n) is 2.94. The van der Waals surface area contributed by atoms with E-state index in [4.69, 9.17) is 0 Å². The van der Waals surface area contributed by atoms with Gasteiger partial charge in [0, 0.05) is 12.2 Å². The minimum absolute atomic E-state index is 0.0208. The van der Waals surface area contributed by atoms with Gasteiger partial charge in [0.05, 0.1) is 11.7 Å². The number of nitrogens with one attached hydrogen (secondary N) is 1. The Balaban J connectivity index is 2.03. The van der Waals surface area contributed by atoms with Gasteiger partial charge in [-0.25, -0.2) is 4.39 Å². The molecule has 0 spiro atoms. The third kappa shape index (κ3) is 4.19. The van der Waals surface area contributed by atoms with E-state index in [0.717, 1.165) is 12.1 Å². The maximum atomic E-state index is 12.7. The summed E-state index contributed by atoms with van der Waals surface area (Å²) in [6.45, 7) is 0.0208. The van der Waals surface area contributed by atoms with Gasteiger partial charge < -0.3 is 10.4 Å². The first-order valence-electron chi connectivity index (χ1n) is 6.21. The molecule has 6 heteroatoms. The van der Waals surface area contributed by atoms with Crippen LogP contribution in [0.25, 0.3) is 0 Å². The number of anilines is 1. The summed E-state index contributed by atoms with van der Waals surface area (Å²) >= 11 is 0. The van der Waals surface area contributed by atoms with Crippen LogP contribution >= 0.6 is 0 Å². The molecule has 1 unspecified atom stereocenters. The average molecular weight is 299 g/mol. The second-order valence-corrected chi connectivity index (χ2v) is 4.53. The Morgan fingerprint density at radius 1 is 1.05 bits per heavy atom. The maximum absolute atomic E-state index is 12.7. The smallest absolute Gasteiger partial charge is 0.387 e. The summed E-state index contributed by atoms with van der Waals surface area (Å²) in [4.78, 5) is 0. The van der Waals surface area contributed by atoms with Gasteiger partial charge >= 0.3 is 6.18 Å². The van der Waals surface area contributed by atoms with E-state index in [9.17, 15) is 22.7 Å². The third-order valence-corrected chi connectivity index (χ3v) is 2.94. The Morgan fingerprint density at radius 2 is 1.71 bits per heavy atom. The van der Waals surface area contributed by atoms with E-state index in [0.29, 0.717) is 5.69 Å². The molecule has 0 aliphatic carbocycles. The van der Waals surface area contributed by atoms with Crippen LogP contribution in [0.5, 0.6) is 0 Å². The lowest BCUT2D eigenvalue weighted by atomic mass is 10.1. The van der Waals surface area contributed by atoms with Crippen molar-refractivity contribution in [2.75, 3.05) is 11.9 Å². The zero-order valence-corrected chi connectivity index (χ0v) is 10.9. The van der Waals surface area contributed by atoms with Crippen molar-refractivity contribution in [1.29, 1.82) is 0 Å². The summed E-state index contributed by atoms with van der Waals surface area (Å²) in [5.41, 5.74) is -0.0669. The number of hydrogen-bond donors (Lipinski definition) is 2. The molecule has 0 radical (unpaired) electrons. The number of aliphatic hydroxyl groups excluding tert-OH is 1. The minimum Gasteiger partial charge on any atom is -0.387 e. The monoisotopic (exact) mass is 299 g/mol. The summed E-state index contributed by atoms with van der Waals surface area (Å²) < 4.78 is 50.5. The van der Waals surface area contributed by atoms with Gasteiger partial charge in [0.25, 0.3) is 0 Å². The first kappa shape index (κ1) is 15.3. The highest BCUT2D eigenvalue weighted by molar-refractivity contribution is 5.43. The summed E-state index contributed by atoms with van der Waals surface area (Å²) in [7, 11) is 0. The van der Waals surface area contributed by atoms with E-state index < -0.39 is 17.8 Å². The second-order valence-electron chi connectivity index (χ2n) is 4.53. The molecule has 0 heterocycles. The van der Waals surface area contributed by atoms with Crippen molar-refractivity contribution in [2.24, 2.45) is 0 Å². The van der Waals surface area contributed by atoms with Gasteiger partial charge in [-0.15, -0.1) is 0 Å². The van der Waals surface area contributed by atoms with E-state index in [1.54, 1.807) is 0 Å². The Bertz CT molecular complexity index is 595. The first-order chi connectivity index (χ1) is 9.86. The molecule has 0 amide bonds. The molecule has 1 atom stereocenters. The highest BCUT2D eigenvalue weighted by atomic mass is 19.4. The molecular weight excluding hydrogens is 286 g/mol. The normalized spacial score (nSPS) is 13.0. The zero-order chi connectivity index (χ0) is 15.5. The molecule has 2 N–H and O–H groups in total. The Kier molecular flexibility index (Phi) is 4.47. The Labute approximate surface area is 119 Å². The zero-order valence-electron chi connectivity index (χ0n) is 10.9. The van der Waals surface area contributed by atoms with Crippen LogP contribution in [-0.2, 0) is 6.18 Å². The number of benzene rings is 2. The number of hydrogen-bond acceptors (Lipinski definition) is 2. The van der Waals surface area contributed by atoms with Crippen LogP contribution < -0.4 is 5.32 Å². The van der Waals surface area contributed by atoms with Crippen molar-refractivity contribution in [3.8, 4) is 0 Å². The predicted octanol–water partition coefficient (Wildman–Crippen LogP) is 3.99. The molecule has 0 saturated heterocycles. The molecule has 2 rings (SSSR count). The van der Waals surface area contributed by atoms with E-state index in [1.165, 1.54) is 36.4 Å². The lowest BCUT2D eigenvalue weighted by Gasteiger charge is -2.15. The van der Waals surface area contributed by atoms with E-state index >= 15 is 0 Å². The van der Waals surface area contributed by atoms with Crippen molar-refractivity contribution in [3.05, 3.63) is 65.5 Å². The van der Waals surface area contributed by atoms with Crippen molar-refractivity contribution in [3.63, 3.8) is 0 Å². The van der Waals surface area contributed by atoms with Gasteiger partial charge in [0.2, 0.25) is 0 Å². The lowest BCUT2D eigenvalue weighted by molar-refractivity contribution is -0.137. The lowest BCUT2D eigenvalue weighted by Crippen LogP contribution is -2.13. The van der Waals surface area contributed by atoms with E-state index in [2.05, 4.69) is 5.32 Å². The fraction of sp³-hybridized carbons (Fsp3) is 0.200. The number of halogens is 4. The van der Waals surface area contributed by atoms with Crippen molar-refractivity contribution in [1.82, 2.24) is 0 Å². The Morgan fingerprint density at radius 3 is 2.33 bits per heavy atom. The van der Waals surface area contributed by atoms with Crippen molar-refractivity contribution >= 4 is 5.69 Å². The highest BCUT2D eigenvalue weighted by Gasteiger charge is 2.30. The molecule has 2 aromatic rings. The molecule has 0 fully saturated rings. The van der Waals surface area contributed by atoms with E-state index in [-0.39, 0.29) is 17.9 Å². The highest BCUT2D eigenvalue weighted by Crippen LogP contribution is 2.30. The molecule has 0 bridgehead atoms. The SMILES string of the molecule is OC(CNc1ccc(F)cc1)c1cccc(C(F)(F)F)c1. The van der Waals surface area contributed by atoms with Crippen molar-refractivity contribution < 1.29 is 22.7 Å². The first-order valence-corrected chi connectivity index (χ1v) is 6.21. The van der Waals surface area contributed by atoms with Crippen LogP contribution in [0.15, 0.2) is 48.5 Å². The van der Waals surface area contributed by atoms with Gasteiger partial charge in [0.1, 0.15) is 5.82 Å². The predicted molar refractivity (Wildman–Crippen MR) is 71.3 cm³/mol. The number of alkyl halides is 3. The van der Waals surface area contributed by atoms with Gasteiger partial charge in [-0.1, -0.05) is 12.1 Å². The number of rotatable bonds is 4. The fourth-order valence-electron chi connectivity index (χ4n) is 1.82. The molecule has 112 valence electrons. The molecular formula is C15H13F4NO. The van der Waals surface area contributed by atoms with Crippen LogP contribution in [0, 0.1) is 5.82 Å². The molecule has 0 saturated carbocycles. The van der Waals surface area contributed by atoms with Gasteiger partial charge in [-0.3, -0.25) is 0 Å². The summed E-state index contributed by atoms with van der Waals surface area (Å²) in [6, 6.07) is 9.99. The summed E-state index contributed by atoms with van der Waals surface area (Å²) in [6.07, 6.45) is -5.54. The van der Waals surface area contributed by atoms with Crippen LogP contribution in [0.4, 0.5) is 23.2 Å². The molecule has 0 aliphatic rings. The van der Waals surface area contributed by atoms with Crippen LogP contribution in [-0.4, -0.2) is 11.7 Å². The average Bonchev–Trinajstić information content (AvgIpc) is 2.45. The molecule has 2 nitrogen and oxygen atoms in total. The van der Waals surface area contributed by atoms with Gasteiger partial charge in [0.15, 0.2) is 0 Å². The minimum atomic E-state index is -4.44. The second kappa shape index (κ2) is 6.13. The number of aliphatic hydroxyl groups is 1. The Hall–Kier alpha value is -2.08. The topological polar surface area (TPSA) is 32.3 Å². The fourth-order valence-corrected chi connectivity index (χ4v) is 1.82. The van der Waals surface area contributed by atoms with Crippen LogP contribution in [0.2, 0.25) is 0 Å². The van der Waals surface area contributed by atoms with Gasteiger partial charge in [-0.05, 0) is 42.0 Å². The summed E-state index contributed by atoms with van der Waals surface area (Å²) in [5.74, 6) is -0.390. The van der Waals surface area contributed by atoms with Gasteiger partial charge in [-0.2, -0.15) is 13.2 Å². The van der Waals surface area contributed by atoms with Crippen molar-refractivity contribution in [2.45, 2.75) is 12.3 Å². The van der Waals surface area contributed by atoms with Crippen LogP contribution in [0.1, 0.15) is 17.2 Å². The molecule has 2 aromatic carbocycles. The molecule has 0 aliphatic heterocycles. The largest absolute Gasteiger partial charge is 0.416 e. The standard InChI is InChI=1S/C15H13F4NO/c16-12-4-6-13(7-5-12)20-9-14(21)10-2-1-3-11(8-10)15(17,18)19/h1-8,14,20-21H,9H2. The van der Waals surface area contributed by atoms with Crippen LogP contribution in [0.3, 0.4) is 0 Å². The molecule has 0 aromatic heterocycles. The maximum Gasteiger partial charge on any atom is 0.416 e. The van der Waals surface area contributed by atoms with E-state index in [1.807, 2.05) is 0 Å². The molecule has 21 heavy (non-hydrogen) atoms. The quantitative estimate of drug-likeness (QED) is 0.837. The summed E-state index contributed by atoms with van der Waals surface area (Å²) in [5, 5.41) is 12.8.